The van der Waals surface area contributed by atoms with Crippen molar-refractivity contribution in [2.75, 3.05) is 105 Å². The van der Waals surface area contributed by atoms with Gasteiger partial charge in [0.2, 0.25) is 0 Å². The van der Waals surface area contributed by atoms with Crippen LogP contribution in [0, 0.1) is 11.8 Å². The molecule has 0 aliphatic carbocycles. The minimum Gasteiger partial charge on any atom is -0.501 e. The van der Waals surface area contributed by atoms with E-state index in [0.717, 1.165) is 39.3 Å². The number of hydrogen-bond donors (Lipinski definition) is 0. The van der Waals surface area contributed by atoms with E-state index in [4.69, 9.17) is 28.4 Å². The summed E-state index contributed by atoms with van der Waals surface area (Å²) in [6.45, 7) is 19.1. The lowest BCUT2D eigenvalue weighted by Gasteiger charge is -2.27. The first kappa shape index (κ1) is 25.1. The Bertz CT molecular complexity index is 389. The molecule has 0 amide bonds. The number of ether oxygens (including phenoxy) is 6. The lowest BCUT2D eigenvalue weighted by Crippen LogP contribution is -2.40. The van der Waals surface area contributed by atoms with Crippen molar-refractivity contribution in [3.05, 3.63) is 25.7 Å². The molecule has 2 heterocycles. The summed E-state index contributed by atoms with van der Waals surface area (Å²) in [6.07, 6.45) is 2.95. The van der Waals surface area contributed by atoms with Gasteiger partial charge in [0.05, 0.1) is 78.6 Å². The zero-order valence-corrected chi connectivity index (χ0v) is 18.4. The summed E-state index contributed by atoms with van der Waals surface area (Å²) < 4.78 is 34.4. The highest BCUT2D eigenvalue weighted by Crippen LogP contribution is 2.06. The normalized spacial score (nSPS) is 30.8. The number of fused-ring (bicyclic) bond motifs is 3. The molecule has 2 fully saturated rings. The first-order valence-corrected chi connectivity index (χ1v) is 11.0. The zero-order valence-electron chi connectivity index (χ0n) is 18.4. The molecule has 2 aliphatic heterocycles. The van der Waals surface area contributed by atoms with Gasteiger partial charge in [0, 0.05) is 51.1 Å². The number of rotatable bonds is 6. The Morgan fingerprint density at radius 2 is 0.933 bits per heavy atom. The average Bonchev–Trinajstić information content (AvgIpc) is 2.79. The maximum Gasteiger partial charge on any atom is 0.0945 e. The van der Waals surface area contributed by atoms with Crippen molar-refractivity contribution >= 4 is 0 Å². The van der Waals surface area contributed by atoms with E-state index in [1.54, 1.807) is 0 Å². The van der Waals surface area contributed by atoms with Gasteiger partial charge in [-0.15, -0.1) is 0 Å². The van der Waals surface area contributed by atoms with Crippen molar-refractivity contribution in [2.45, 2.75) is 0 Å². The Labute approximate surface area is 181 Å². The minimum absolute atomic E-state index is 0.206. The van der Waals surface area contributed by atoms with Crippen LogP contribution in [-0.2, 0) is 28.4 Å². The van der Waals surface area contributed by atoms with Crippen LogP contribution in [0.25, 0.3) is 0 Å². The molecule has 0 spiro atoms. The van der Waals surface area contributed by atoms with Gasteiger partial charge in [-0.2, -0.15) is 0 Å². The maximum atomic E-state index is 5.92. The van der Waals surface area contributed by atoms with E-state index in [-0.39, 0.29) is 11.8 Å². The van der Waals surface area contributed by atoms with E-state index in [2.05, 4.69) is 23.0 Å². The Morgan fingerprint density at radius 1 is 0.600 bits per heavy atom. The molecule has 2 rings (SSSR count). The lowest BCUT2D eigenvalue weighted by molar-refractivity contribution is -0.00523. The molecule has 174 valence electrons. The molecular weight excluding hydrogens is 388 g/mol. The molecule has 0 atom stereocenters. The molecule has 8 heteroatoms. The number of nitrogens with zero attached hydrogens (tertiary/aromatic N) is 2. The monoisotopic (exact) mass is 428 g/mol. The second-order valence-electron chi connectivity index (χ2n) is 7.71. The average molecular weight is 429 g/mol. The van der Waals surface area contributed by atoms with Crippen LogP contribution in [-0.4, -0.2) is 115 Å². The van der Waals surface area contributed by atoms with Crippen LogP contribution in [0.2, 0.25) is 0 Å². The summed E-state index contributed by atoms with van der Waals surface area (Å²) in [5, 5.41) is 0. The molecule has 30 heavy (non-hydrogen) atoms. The maximum absolute atomic E-state index is 5.92. The predicted octanol–water partition coefficient (Wildman–Crippen LogP) is 1.24. The van der Waals surface area contributed by atoms with Crippen LogP contribution in [0.3, 0.4) is 0 Å². The molecule has 0 aromatic rings. The van der Waals surface area contributed by atoms with Crippen molar-refractivity contribution in [3.8, 4) is 0 Å². The van der Waals surface area contributed by atoms with Crippen molar-refractivity contribution in [1.82, 2.24) is 9.80 Å². The molecule has 0 saturated carbocycles. The molecule has 0 aromatic carbocycles. The number of hydrogen-bond acceptors (Lipinski definition) is 8. The first-order valence-electron chi connectivity index (χ1n) is 11.0. The summed E-state index contributed by atoms with van der Waals surface area (Å²) in [5.41, 5.74) is 0. The molecule has 0 N–H and O–H groups in total. The fraction of sp³-hybridized carbons (Fsp3) is 0.818. The predicted molar refractivity (Wildman–Crippen MR) is 115 cm³/mol. The van der Waals surface area contributed by atoms with Crippen LogP contribution in [0.15, 0.2) is 25.7 Å². The smallest absolute Gasteiger partial charge is 0.0945 e. The van der Waals surface area contributed by atoms with Gasteiger partial charge < -0.3 is 28.4 Å². The van der Waals surface area contributed by atoms with Crippen molar-refractivity contribution in [1.29, 1.82) is 0 Å². The summed E-state index contributed by atoms with van der Waals surface area (Å²) in [5.74, 6) is 0.412. The van der Waals surface area contributed by atoms with Gasteiger partial charge in [0.25, 0.3) is 0 Å². The van der Waals surface area contributed by atoms with Crippen LogP contribution in [0.5, 0.6) is 0 Å². The van der Waals surface area contributed by atoms with Gasteiger partial charge in [0.15, 0.2) is 0 Å². The topological polar surface area (TPSA) is 61.9 Å². The zero-order chi connectivity index (χ0) is 21.3. The largest absolute Gasteiger partial charge is 0.501 e. The quantitative estimate of drug-likeness (QED) is 0.586. The van der Waals surface area contributed by atoms with E-state index in [1.807, 2.05) is 0 Å². The van der Waals surface area contributed by atoms with Gasteiger partial charge in [-0.25, -0.2) is 0 Å². The highest BCUT2D eigenvalue weighted by molar-refractivity contribution is 4.68. The molecule has 2 bridgehead atoms. The second-order valence-corrected chi connectivity index (χ2v) is 7.71. The highest BCUT2D eigenvalue weighted by Gasteiger charge is 2.16. The molecule has 2 aliphatic rings. The molecule has 8 nitrogen and oxygen atoms in total. The fourth-order valence-electron chi connectivity index (χ4n) is 3.43. The molecule has 0 radical (unpaired) electrons. The SMILES string of the molecule is C=COCC1COCCN2CCOCC(COC=C)COCCN(CCOC1)CC2. The van der Waals surface area contributed by atoms with Gasteiger partial charge in [-0.3, -0.25) is 9.80 Å². The third-order valence-corrected chi connectivity index (χ3v) is 5.25. The van der Waals surface area contributed by atoms with Gasteiger partial charge in [-0.1, -0.05) is 13.2 Å². The first-order chi connectivity index (χ1) is 14.8. The lowest BCUT2D eigenvalue weighted by atomic mass is 10.2. The van der Waals surface area contributed by atoms with E-state index in [1.165, 1.54) is 12.5 Å². The second kappa shape index (κ2) is 16.5. The van der Waals surface area contributed by atoms with E-state index >= 15 is 0 Å². The Kier molecular flexibility index (Phi) is 13.8. The van der Waals surface area contributed by atoms with Gasteiger partial charge in [-0.05, 0) is 0 Å². The third-order valence-electron chi connectivity index (χ3n) is 5.25. The Balaban J connectivity index is 1.92. The van der Waals surface area contributed by atoms with Crippen LogP contribution in [0.4, 0.5) is 0 Å². The summed E-state index contributed by atoms with van der Waals surface area (Å²) in [6, 6.07) is 0. The van der Waals surface area contributed by atoms with Crippen molar-refractivity contribution in [3.63, 3.8) is 0 Å². The summed E-state index contributed by atoms with van der Waals surface area (Å²) in [4.78, 5) is 4.82. The molecule has 2 saturated heterocycles. The molecular formula is C22H40N2O6. The van der Waals surface area contributed by atoms with Crippen molar-refractivity contribution < 1.29 is 28.4 Å². The minimum atomic E-state index is 0.206. The molecule has 0 unspecified atom stereocenters. The highest BCUT2D eigenvalue weighted by atomic mass is 16.5. The standard InChI is InChI=1S/C22H40N2O6/c1-3-25-15-21-17-27-11-7-23-5-6-24(8-12-28-18-21)10-14-30-20-22(16-26-4-2)19-29-13-9-23/h3-4,21-22H,1-2,5-20H2. The van der Waals surface area contributed by atoms with Crippen LogP contribution in [0.1, 0.15) is 0 Å². The van der Waals surface area contributed by atoms with Crippen LogP contribution < -0.4 is 0 Å². The summed E-state index contributed by atoms with van der Waals surface area (Å²) in [7, 11) is 0. The van der Waals surface area contributed by atoms with Crippen LogP contribution >= 0.6 is 0 Å². The Hall–Kier alpha value is -1.16. The van der Waals surface area contributed by atoms with E-state index < -0.39 is 0 Å². The fourth-order valence-corrected chi connectivity index (χ4v) is 3.43. The Morgan fingerprint density at radius 3 is 1.23 bits per heavy atom. The van der Waals surface area contributed by atoms with Gasteiger partial charge >= 0.3 is 0 Å². The van der Waals surface area contributed by atoms with E-state index in [0.29, 0.717) is 66.1 Å². The van der Waals surface area contributed by atoms with Crippen molar-refractivity contribution in [2.24, 2.45) is 11.8 Å². The molecule has 0 aromatic heterocycles. The summed E-state index contributed by atoms with van der Waals surface area (Å²) >= 11 is 0. The third kappa shape index (κ3) is 11.3. The van der Waals surface area contributed by atoms with E-state index in [9.17, 15) is 0 Å². The van der Waals surface area contributed by atoms with Gasteiger partial charge in [0.1, 0.15) is 0 Å².